The van der Waals surface area contributed by atoms with E-state index in [-0.39, 0.29) is 18.4 Å². The van der Waals surface area contributed by atoms with E-state index in [1.165, 1.54) is 23.4 Å². The highest BCUT2D eigenvalue weighted by molar-refractivity contribution is 8.23. The molecule has 1 aliphatic rings. The number of carbonyl (C=O) groups is 1. The maximum atomic E-state index is 12.2. The van der Waals surface area contributed by atoms with Gasteiger partial charge < -0.3 is 5.11 Å². The molecule has 0 radical (unpaired) electrons. The minimum Gasteiger partial charge on any atom is -0.389 e. The lowest BCUT2D eigenvalue weighted by atomic mass is 10.1. The molecule has 0 aromatic heterocycles. The first-order valence-electron chi connectivity index (χ1n) is 6.45. The highest BCUT2D eigenvalue weighted by atomic mass is 32.2. The van der Waals surface area contributed by atoms with E-state index < -0.39 is 6.10 Å². The first-order chi connectivity index (χ1) is 9.61. The van der Waals surface area contributed by atoms with Gasteiger partial charge in [0.05, 0.1) is 18.6 Å². The number of aliphatic hydroxyl groups is 1. The summed E-state index contributed by atoms with van der Waals surface area (Å²) in [7, 11) is 0. The van der Waals surface area contributed by atoms with E-state index in [1.807, 2.05) is 30.3 Å². The summed E-state index contributed by atoms with van der Waals surface area (Å²) >= 11 is 6.78. The Kier molecular flexibility index (Phi) is 5.34. The van der Waals surface area contributed by atoms with Gasteiger partial charge in [-0.3, -0.25) is 9.69 Å². The molecule has 0 spiro atoms. The molecule has 0 saturated carbocycles. The van der Waals surface area contributed by atoms with Gasteiger partial charge in [0.2, 0.25) is 5.91 Å². The van der Waals surface area contributed by atoms with E-state index >= 15 is 0 Å². The fraction of sp³-hybridized carbons (Fsp3) is 0.333. The highest BCUT2D eigenvalue weighted by Crippen LogP contribution is 2.27. The smallest absolute Gasteiger partial charge is 0.231 e. The molecule has 0 aliphatic carbocycles. The molecule has 1 fully saturated rings. The Bertz CT molecular complexity index is 504. The second-order valence-electron chi connectivity index (χ2n) is 4.69. The largest absolute Gasteiger partial charge is 0.389 e. The van der Waals surface area contributed by atoms with E-state index in [2.05, 4.69) is 6.58 Å². The monoisotopic (exact) mass is 307 g/mol. The van der Waals surface area contributed by atoms with Crippen LogP contribution in [0.2, 0.25) is 0 Å². The first-order valence-corrected chi connectivity index (χ1v) is 7.84. The number of nitrogens with zero attached hydrogens (tertiary/aromatic N) is 1. The average molecular weight is 307 g/mol. The van der Waals surface area contributed by atoms with Crippen molar-refractivity contribution in [3.05, 3.63) is 48.6 Å². The summed E-state index contributed by atoms with van der Waals surface area (Å²) in [4.78, 5) is 13.9. The van der Waals surface area contributed by atoms with E-state index in [1.54, 1.807) is 4.90 Å². The van der Waals surface area contributed by atoms with Crippen molar-refractivity contribution >= 4 is 34.2 Å². The zero-order valence-electron chi connectivity index (χ0n) is 11.1. The number of benzene rings is 1. The summed E-state index contributed by atoms with van der Waals surface area (Å²) in [6.45, 7) is 3.49. The van der Waals surface area contributed by atoms with Crippen LogP contribution in [-0.4, -0.2) is 38.1 Å². The van der Waals surface area contributed by atoms with Crippen LogP contribution < -0.4 is 0 Å². The highest BCUT2D eigenvalue weighted by Gasteiger charge is 2.34. The molecule has 1 aromatic rings. The predicted octanol–water partition coefficient (Wildman–Crippen LogP) is 2.40. The maximum absolute atomic E-state index is 12.2. The number of carbonyl (C=O) groups excluding carboxylic acids is 1. The zero-order valence-corrected chi connectivity index (χ0v) is 12.7. The van der Waals surface area contributed by atoms with Crippen molar-refractivity contribution in [1.82, 2.24) is 4.90 Å². The number of hydrogen-bond acceptors (Lipinski definition) is 4. The Morgan fingerprint density at radius 1 is 1.55 bits per heavy atom. The van der Waals surface area contributed by atoms with Crippen LogP contribution in [0.4, 0.5) is 0 Å². The van der Waals surface area contributed by atoms with Gasteiger partial charge in [-0.05, 0) is 12.0 Å². The Morgan fingerprint density at radius 3 is 2.90 bits per heavy atom. The summed E-state index contributed by atoms with van der Waals surface area (Å²) in [5.41, 5.74) is 1.19. The number of thioether (sulfide) groups is 1. The van der Waals surface area contributed by atoms with Crippen molar-refractivity contribution < 1.29 is 9.90 Å². The van der Waals surface area contributed by atoms with Gasteiger partial charge in [-0.15, -0.1) is 6.58 Å². The summed E-state index contributed by atoms with van der Waals surface area (Å²) in [6, 6.07) is 10.1. The Morgan fingerprint density at radius 2 is 2.25 bits per heavy atom. The molecule has 0 bridgehead atoms. The molecule has 5 heteroatoms. The number of aliphatic hydroxyl groups excluding tert-OH is 1. The van der Waals surface area contributed by atoms with Gasteiger partial charge in [-0.2, -0.15) is 0 Å². The molecular weight excluding hydrogens is 290 g/mol. The van der Waals surface area contributed by atoms with Crippen molar-refractivity contribution in [3.63, 3.8) is 0 Å². The van der Waals surface area contributed by atoms with Crippen molar-refractivity contribution in [3.8, 4) is 0 Å². The predicted molar refractivity (Wildman–Crippen MR) is 86.7 cm³/mol. The van der Waals surface area contributed by atoms with Crippen molar-refractivity contribution in [2.45, 2.75) is 25.0 Å². The van der Waals surface area contributed by atoms with Gasteiger partial charge in [0.15, 0.2) is 0 Å². The van der Waals surface area contributed by atoms with Crippen LogP contribution in [0, 0.1) is 0 Å². The third-order valence-corrected chi connectivity index (χ3v) is 4.75. The van der Waals surface area contributed by atoms with Gasteiger partial charge >= 0.3 is 0 Å². The molecule has 3 nitrogen and oxygen atoms in total. The number of hydrogen-bond donors (Lipinski definition) is 1. The number of thiocarbonyl (C=S) groups is 1. The fourth-order valence-electron chi connectivity index (χ4n) is 2.16. The van der Waals surface area contributed by atoms with Crippen LogP contribution in [0.15, 0.2) is 43.0 Å². The Labute approximate surface area is 128 Å². The fourth-order valence-corrected chi connectivity index (χ4v) is 3.61. The van der Waals surface area contributed by atoms with Crippen LogP contribution in [0.5, 0.6) is 0 Å². The van der Waals surface area contributed by atoms with Crippen LogP contribution in [0.1, 0.15) is 12.0 Å². The Balaban J connectivity index is 2.06. The number of rotatable bonds is 5. The minimum atomic E-state index is -0.812. The van der Waals surface area contributed by atoms with Crippen LogP contribution in [-0.2, 0) is 11.2 Å². The summed E-state index contributed by atoms with van der Waals surface area (Å²) in [6.07, 6.45) is 1.38. The molecule has 106 valence electrons. The van der Waals surface area contributed by atoms with Crippen LogP contribution in [0.3, 0.4) is 0 Å². The lowest BCUT2D eigenvalue weighted by molar-refractivity contribution is -0.129. The molecule has 1 heterocycles. The number of amides is 1. The molecule has 2 atom stereocenters. The normalized spacial score (nSPS) is 19.9. The second kappa shape index (κ2) is 7.02. The summed E-state index contributed by atoms with van der Waals surface area (Å²) in [5.74, 6) is 0.678. The first kappa shape index (κ1) is 15.2. The van der Waals surface area contributed by atoms with E-state index in [4.69, 9.17) is 12.2 Å². The van der Waals surface area contributed by atoms with E-state index in [9.17, 15) is 9.90 Å². The van der Waals surface area contributed by atoms with Crippen LogP contribution in [0.25, 0.3) is 0 Å². The van der Waals surface area contributed by atoms with Gasteiger partial charge in [-0.1, -0.05) is 60.4 Å². The van der Waals surface area contributed by atoms with Crippen molar-refractivity contribution in [1.29, 1.82) is 0 Å². The molecule has 1 aromatic carbocycles. The molecule has 0 unspecified atom stereocenters. The molecule has 20 heavy (non-hydrogen) atoms. The topological polar surface area (TPSA) is 40.5 Å². The van der Waals surface area contributed by atoms with Gasteiger partial charge in [0.1, 0.15) is 4.32 Å². The lowest BCUT2D eigenvalue weighted by Gasteiger charge is -2.24. The zero-order chi connectivity index (χ0) is 14.5. The molecule has 1 aliphatic heterocycles. The quantitative estimate of drug-likeness (QED) is 0.670. The van der Waals surface area contributed by atoms with Gasteiger partial charge in [0.25, 0.3) is 0 Å². The summed E-state index contributed by atoms with van der Waals surface area (Å²) < 4.78 is 0.604. The van der Waals surface area contributed by atoms with Crippen molar-refractivity contribution in [2.24, 2.45) is 0 Å². The average Bonchev–Trinajstić information content (AvgIpc) is 2.80. The maximum Gasteiger partial charge on any atom is 0.231 e. The minimum absolute atomic E-state index is 0.0372. The molecule has 2 rings (SSSR count). The molecule has 1 N–H and O–H groups in total. The third-order valence-electron chi connectivity index (χ3n) is 3.20. The second-order valence-corrected chi connectivity index (χ2v) is 6.35. The van der Waals surface area contributed by atoms with Crippen LogP contribution >= 0.6 is 24.0 Å². The lowest BCUT2D eigenvalue weighted by Crippen LogP contribution is -2.41. The SMILES string of the molecule is C=C[C@@H](O)CC(=O)N1C(=S)SC[C@H]1Cc1ccccc1. The van der Waals surface area contributed by atoms with Gasteiger partial charge in [-0.25, -0.2) is 0 Å². The molecule has 1 saturated heterocycles. The standard InChI is InChI=1S/C15H17NO2S2/c1-2-13(17)9-14(18)16-12(10-20-15(16)19)8-11-6-4-3-5-7-11/h2-7,12-13,17H,1,8-10H2/t12-,13-/m1/s1. The van der Waals surface area contributed by atoms with Crippen molar-refractivity contribution in [2.75, 3.05) is 5.75 Å². The molecular formula is C15H17NO2S2. The van der Waals surface area contributed by atoms with Gasteiger partial charge in [0, 0.05) is 5.75 Å². The summed E-state index contributed by atoms with van der Waals surface area (Å²) in [5, 5.41) is 9.54. The van der Waals surface area contributed by atoms with E-state index in [0.717, 1.165) is 12.2 Å². The third kappa shape index (κ3) is 3.69. The Hall–Kier alpha value is -1.17. The van der Waals surface area contributed by atoms with E-state index in [0.29, 0.717) is 4.32 Å². The molecule has 1 amide bonds.